The summed E-state index contributed by atoms with van der Waals surface area (Å²) in [7, 11) is 0. The summed E-state index contributed by atoms with van der Waals surface area (Å²) in [6.45, 7) is -0.282. The molecule has 0 spiro atoms. The van der Waals surface area contributed by atoms with Gasteiger partial charge in [0.1, 0.15) is 11.4 Å². The van der Waals surface area contributed by atoms with E-state index in [4.69, 9.17) is 5.11 Å². The highest BCUT2D eigenvalue weighted by atomic mass is 19.2. The highest BCUT2D eigenvalue weighted by molar-refractivity contribution is 5.91. The molecule has 1 aromatic heterocycles. The predicted molar refractivity (Wildman–Crippen MR) is 68.7 cm³/mol. The number of amides is 1. The third-order valence-electron chi connectivity index (χ3n) is 2.96. The zero-order chi connectivity index (χ0) is 18.0. The first kappa shape index (κ1) is 17.4. The minimum absolute atomic E-state index is 0.237. The molecule has 0 unspecified atom stereocenters. The van der Waals surface area contributed by atoms with Crippen molar-refractivity contribution in [2.24, 2.45) is 0 Å². The quantitative estimate of drug-likeness (QED) is 0.493. The number of anilines is 1. The lowest BCUT2D eigenvalue weighted by Crippen LogP contribution is -2.20. The number of aryl methyl sites for hydroxylation is 1. The minimum Gasteiger partial charge on any atom is -0.477 e. The number of carbonyl (C=O) groups is 2. The Labute approximate surface area is 130 Å². The first-order valence-corrected chi connectivity index (χ1v) is 6.30. The van der Waals surface area contributed by atoms with Crippen molar-refractivity contribution in [1.82, 2.24) is 9.78 Å². The van der Waals surface area contributed by atoms with Crippen LogP contribution in [0, 0.1) is 29.1 Å². The molecule has 0 aliphatic carbocycles. The van der Waals surface area contributed by atoms with E-state index >= 15 is 0 Å². The largest absolute Gasteiger partial charge is 0.477 e. The zero-order valence-electron chi connectivity index (χ0n) is 11.6. The maximum atomic E-state index is 13.4. The lowest BCUT2D eigenvalue weighted by Gasteiger charge is -2.10. The number of benzene rings is 1. The van der Waals surface area contributed by atoms with Gasteiger partial charge in [0.15, 0.2) is 23.3 Å². The minimum atomic E-state index is -2.34. The number of hydrogen-bond acceptors (Lipinski definition) is 3. The summed E-state index contributed by atoms with van der Waals surface area (Å²) in [5, 5.41) is 14.0. The van der Waals surface area contributed by atoms with Crippen LogP contribution in [0.2, 0.25) is 0 Å². The Morgan fingerprint density at radius 3 is 2.12 bits per heavy atom. The molecule has 2 aromatic rings. The third kappa shape index (κ3) is 3.19. The second-order valence-electron chi connectivity index (χ2n) is 4.49. The van der Waals surface area contributed by atoms with E-state index in [1.807, 2.05) is 0 Å². The molecule has 1 amide bonds. The number of hydrogen-bond donors (Lipinski definition) is 2. The maximum Gasteiger partial charge on any atom is 0.354 e. The van der Waals surface area contributed by atoms with Crippen molar-refractivity contribution in [3.63, 3.8) is 0 Å². The van der Waals surface area contributed by atoms with Gasteiger partial charge >= 0.3 is 5.97 Å². The zero-order valence-corrected chi connectivity index (χ0v) is 11.6. The Kier molecular flexibility index (Phi) is 4.81. The fourth-order valence-electron chi connectivity index (χ4n) is 1.82. The molecule has 11 heteroatoms. The van der Waals surface area contributed by atoms with Crippen molar-refractivity contribution in [1.29, 1.82) is 0 Å². The Balaban J connectivity index is 2.14. The molecule has 6 nitrogen and oxygen atoms in total. The maximum absolute atomic E-state index is 13.4. The number of carboxylic acid groups (broad SMARTS) is 1. The van der Waals surface area contributed by atoms with E-state index in [2.05, 4.69) is 5.10 Å². The molecule has 0 aliphatic heterocycles. The Bertz CT molecular complexity index is 792. The number of carboxylic acids is 1. The Morgan fingerprint density at radius 1 is 1.04 bits per heavy atom. The number of halogens is 5. The average Bonchev–Trinajstić information content (AvgIpc) is 3.02. The smallest absolute Gasteiger partial charge is 0.354 e. The van der Waals surface area contributed by atoms with Crippen LogP contribution in [0.3, 0.4) is 0 Å². The second kappa shape index (κ2) is 6.64. The lowest BCUT2D eigenvalue weighted by atomic mass is 10.2. The van der Waals surface area contributed by atoms with Gasteiger partial charge in [-0.2, -0.15) is 5.10 Å². The molecule has 0 saturated carbocycles. The van der Waals surface area contributed by atoms with E-state index in [0.29, 0.717) is 0 Å². The van der Waals surface area contributed by atoms with Gasteiger partial charge in [0, 0.05) is 12.6 Å². The van der Waals surface area contributed by atoms with Crippen LogP contribution in [0.4, 0.5) is 27.6 Å². The molecule has 1 heterocycles. The fourth-order valence-corrected chi connectivity index (χ4v) is 1.82. The van der Waals surface area contributed by atoms with Gasteiger partial charge in [-0.15, -0.1) is 0 Å². The predicted octanol–water partition coefficient (Wildman–Crippen LogP) is 2.31. The molecule has 0 radical (unpaired) electrons. The Morgan fingerprint density at radius 2 is 1.58 bits per heavy atom. The number of aromatic carboxylic acids is 1. The van der Waals surface area contributed by atoms with Gasteiger partial charge in [0.2, 0.25) is 11.7 Å². The van der Waals surface area contributed by atoms with E-state index < -0.39 is 53.1 Å². The molecular formula is C13H8F5N3O3. The summed E-state index contributed by atoms with van der Waals surface area (Å²) in [5.41, 5.74) is -1.71. The SMILES string of the molecule is O=C(CCn1nccc1C(=O)O)Nc1c(F)c(F)c(F)c(F)c1F. The summed E-state index contributed by atoms with van der Waals surface area (Å²) >= 11 is 0. The van der Waals surface area contributed by atoms with Crippen LogP contribution in [-0.2, 0) is 11.3 Å². The molecule has 24 heavy (non-hydrogen) atoms. The fraction of sp³-hybridized carbons (Fsp3) is 0.154. The van der Waals surface area contributed by atoms with E-state index in [1.54, 1.807) is 5.32 Å². The molecule has 2 rings (SSSR count). The number of nitrogens with one attached hydrogen (secondary N) is 1. The summed E-state index contributed by atoms with van der Waals surface area (Å²) in [4.78, 5) is 22.5. The third-order valence-corrected chi connectivity index (χ3v) is 2.96. The summed E-state index contributed by atoms with van der Waals surface area (Å²) in [6, 6.07) is 1.16. The van der Waals surface area contributed by atoms with Crippen LogP contribution >= 0.6 is 0 Å². The van der Waals surface area contributed by atoms with Crippen molar-refractivity contribution in [2.45, 2.75) is 13.0 Å². The first-order chi connectivity index (χ1) is 11.2. The normalized spacial score (nSPS) is 10.7. The summed E-state index contributed by atoms with van der Waals surface area (Å²) < 4.78 is 66.7. The van der Waals surface area contributed by atoms with Crippen molar-refractivity contribution in [2.75, 3.05) is 5.32 Å². The van der Waals surface area contributed by atoms with Gasteiger partial charge in [0.05, 0.1) is 6.54 Å². The van der Waals surface area contributed by atoms with E-state index in [-0.39, 0.29) is 12.2 Å². The van der Waals surface area contributed by atoms with Crippen molar-refractivity contribution >= 4 is 17.6 Å². The van der Waals surface area contributed by atoms with Gasteiger partial charge in [-0.25, -0.2) is 26.7 Å². The number of nitrogens with zero attached hydrogens (tertiary/aromatic N) is 2. The van der Waals surface area contributed by atoms with Gasteiger partial charge in [-0.3, -0.25) is 9.48 Å². The summed E-state index contributed by atoms with van der Waals surface area (Å²) in [5.74, 6) is -13.5. The molecule has 0 bridgehead atoms. The molecule has 1 aromatic carbocycles. The van der Waals surface area contributed by atoms with Crippen molar-refractivity contribution in [3.8, 4) is 0 Å². The number of aromatic nitrogens is 2. The van der Waals surface area contributed by atoms with Crippen LogP contribution in [0.15, 0.2) is 12.3 Å². The monoisotopic (exact) mass is 349 g/mol. The van der Waals surface area contributed by atoms with Crippen LogP contribution in [-0.4, -0.2) is 26.8 Å². The second-order valence-corrected chi connectivity index (χ2v) is 4.49. The number of rotatable bonds is 5. The molecule has 0 aliphatic rings. The van der Waals surface area contributed by atoms with Gasteiger partial charge in [-0.05, 0) is 6.07 Å². The van der Waals surface area contributed by atoms with Gasteiger partial charge < -0.3 is 10.4 Å². The molecule has 0 atom stereocenters. The van der Waals surface area contributed by atoms with Crippen LogP contribution < -0.4 is 5.32 Å². The Hall–Kier alpha value is -2.98. The molecule has 128 valence electrons. The molecular weight excluding hydrogens is 341 g/mol. The molecule has 0 fully saturated rings. The molecule has 2 N–H and O–H groups in total. The van der Waals surface area contributed by atoms with Crippen molar-refractivity contribution in [3.05, 3.63) is 47.0 Å². The van der Waals surface area contributed by atoms with Crippen molar-refractivity contribution < 1.29 is 36.6 Å². The highest BCUT2D eigenvalue weighted by Gasteiger charge is 2.26. The summed E-state index contributed by atoms with van der Waals surface area (Å²) in [6.07, 6.45) is 0.646. The van der Waals surface area contributed by atoms with Crippen LogP contribution in [0.25, 0.3) is 0 Å². The highest BCUT2D eigenvalue weighted by Crippen LogP contribution is 2.27. The number of carbonyl (C=O) groups excluding carboxylic acids is 1. The average molecular weight is 349 g/mol. The van der Waals surface area contributed by atoms with Crippen LogP contribution in [0.1, 0.15) is 16.9 Å². The first-order valence-electron chi connectivity index (χ1n) is 6.30. The van der Waals surface area contributed by atoms with Gasteiger partial charge in [0.25, 0.3) is 0 Å². The van der Waals surface area contributed by atoms with Gasteiger partial charge in [-0.1, -0.05) is 0 Å². The van der Waals surface area contributed by atoms with E-state index in [0.717, 1.165) is 16.9 Å². The van der Waals surface area contributed by atoms with E-state index in [1.165, 1.54) is 0 Å². The topological polar surface area (TPSA) is 84.2 Å². The standard InChI is InChI=1S/C13H8F5N3O3/c14-7-8(15)10(17)12(11(18)9(7)16)20-6(22)2-4-21-5(13(23)24)1-3-19-21/h1,3H,2,4H2,(H,20,22)(H,23,24). The van der Waals surface area contributed by atoms with E-state index in [9.17, 15) is 31.5 Å². The lowest BCUT2D eigenvalue weighted by molar-refractivity contribution is -0.116. The van der Waals surface area contributed by atoms with Crippen LogP contribution in [0.5, 0.6) is 0 Å². The molecule has 0 saturated heterocycles.